The molecular weight excluding hydrogens is 242 g/mol. The van der Waals surface area contributed by atoms with Gasteiger partial charge in [0.25, 0.3) is 0 Å². The van der Waals surface area contributed by atoms with Gasteiger partial charge in [-0.05, 0) is 18.6 Å². The van der Waals surface area contributed by atoms with Crippen LogP contribution in [0.25, 0.3) is 0 Å². The molecule has 1 rings (SSSR count). The largest absolute Gasteiger partial charge is 0.356 e. The molecule has 0 saturated carbocycles. The number of anilines is 1. The van der Waals surface area contributed by atoms with E-state index in [2.05, 4.69) is 21.1 Å². The van der Waals surface area contributed by atoms with E-state index in [9.17, 15) is 4.79 Å². The van der Waals surface area contributed by atoms with Crippen molar-refractivity contribution in [2.45, 2.75) is 19.8 Å². The molecular formula is C13H21N5O. The number of guanidine groups is 1. The Hall–Kier alpha value is -2.08. The zero-order valence-electron chi connectivity index (χ0n) is 11.1. The number of aliphatic imine (C=N–C) groups is 1. The van der Waals surface area contributed by atoms with Crippen LogP contribution >= 0.6 is 0 Å². The van der Waals surface area contributed by atoms with Gasteiger partial charge >= 0.3 is 0 Å². The fourth-order valence-corrected chi connectivity index (χ4v) is 1.40. The fourth-order valence-electron chi connectivity index (χ4n) is 1.40. The van der Waals surface area contributed by atoms with Gasteiger partial charge in [0.1, 0.15) is 0 Å². The number of para-hydroxylation sites is 1. The average Bonchev–Trinajstić information content (AvgIpc) is 2.45. The molecule has 0 aliphatic carbocycles. The lowest BCUT2D eigenvalue weighted by atomic mass is 10.3. The van der Waals surface area contributed by atoms with Crippen molar-refractivity contribution in [3.05, 3.63) is 30.3 Å². The first kappa shape index (κ1) is 15.0. The van der Waals surface area contributed by atoms with Crippen molar-refractivity contribution >= 4 is 17.6 Å². The SMILES string of the molecule is CCCNC(=O)CCN=C(NN)Nc1ccccc1. The quantitative estimate of drug-likeness (QED) is 0.265. The maximum absolute atomic E-state index is 11.4. The van der Waals surface area contributed by atoms with Crippen molar-refractivity contribution in [1.29, 1.82) is 0 Å². The summed E-state index contributed by atoms with van der Waals surface area (Å²) in [4.78, 5) is 15.6. The highest BCUT2D eigenvalue weighted by Crippen LogP contribution is 2.04. The van der Waals surface area contributed by atoms with E-state index >= 15 is 0 Å². The molecule has 0 unspecified atom stereocenters. The van der Waals surface area contributed by atoms with E-state index in [0.29, 0.717) is 25.5 Å². The van der Waals surface area contributed by atoms with Gasteiger partial charge in [-0.1, -0.05) is 25.1 Å². The highest BCUT2D eigenvalue weighted by atomic mass is 16.1. The summed E-state index contributed by atoms with van der Waals surface area (Å²) in [5, 5.41) is 5.82. The molecule has 19 heavy (non-hydrogen) atoms. The Morgan fingerprint density at radius 2 is 2.05 bits per heavy atom. The van der Waals surface area contributed by atoms with Crippen molar-refractivity contribution in [3.63, 3.8) is 0 Å². The molecule has 1 aromatic carbocycles. The van der Waals surface area contributed by atoms with Crippen LogP contribution in [0.1, 0.15) is 19.8 Å². The normalized spacial score (nSPS) is 10.9. The predicted molar refractivity (Wildman–Crippen MR) is 77.6 cm³/mol. The van der Waals surface area contributed by atoms with Crippen LogP contribution in [-0.2, 0) is 4.79 Å². The van der Waals surface area contributed by atoms with Gasteiger partial charge in [-0.3, -0.25) is 15.2 Å². The summed E-state index contributed by atoms with van der Waals surface area (Å²) in [5.74, 6) is 5.81. The molecule has 6 nitrogen and oxygen atoms in total. The van der Waals surface area contributed by atoms with Crippen LogP contribution in [0.4, 0.5) is 5.69 Å². The molecule has 1 aromatic rings. The molecule has 5 N–H and O–H groups in total. The number of carbonyl (C=O) groups excluding carboxylic acids is 1. The van der Waals surface area contributed by atoms with Gasteiger partial charge in [0, 0.05) is 18.7 Å². The number of hydrogen-bond acceptors (Lipinski definition) is 3. The second kappa shape index (κ2) is 8.93. The number of hydrogen-bond donors (Lipinski definition) is 4. The topological polar surface area (TPSA) is 91.5 Å². The number of nitrogens with zero attached hydrogens (tertiary/aromatic N) is 1. The summed E-state index contributed by atoms with van der Waals surface area (Å²) in [5.41, 5.74) is 3.36. The summed E-state index contributed by atoms with van der Waals surface area (Å²) in [6, 6.07) is 9.56. The van der Waals surface area contributed by atoms with Gasteiger partial charge in [0.2, 0.25) is 11.9 Å². The Labute approximate surface area is 113 Å². The van der Waals surface area contributed by atoms with E-state index in [1.165, 1.54) is 0 Å². The Kier molecular flexibility index (Phi) is 7.04. The van der Waals surface area contributed by atoms with Crippen LogP contribution in [0.3, 0.4) is 0 Å². The minimum atomic E-state index is 0.00156. The van der Waals surface area contributed by atoms with Crippen molar-refractivity contribution in [2.24, 2.45) is 10.8 Å². The van der Waals surface area contributed by atoms with Crippen LogP contribution in [0.15, 0.2) is 35.3 Å². The summed E-state index contributed by atoms with van der Waals surface area (Å²) < 4.78 is 0. The van der Waals surface area contributed by atoms with E-state index < -0.39 is 0 Å². The van der Waals surface area contributed by atoms with Crippen LogP contribution < -0.4 is 21.9 Å². The minimum absolute atomic E-state index is 0.00156. The summed E-state index contributed by atoms with van der Waals surface area (Å²) >= 11 is 0. The van der Waals surface area contributed by atoms with Gasteiger partial charge in [-0.2, -0.15) is 0 Å². The van der Waals surface area contributed by atoms with Gasteiger partial charge in [0.05, 0.1) is 6.54 Å². The molecule has 0 aliphatic rings. The lowest BCUT2D eigenvalue weighted by molar-refractivity contribution is -0.120. The monoisotopic (exact) mass is 263 g/mol. The van der Waals surface area contributed by atoms with Crippen LogP contribution in [-0.4, -0.2) is 25.0 Å². The summed E-state index contributed by atoms with van der Waals surface area (Å²) in [6.45, 7) is 3.10. The van der Waals surface area contributed by atoms with Crippen molar-refractivity contribution < 1.29 is 4.79 Å². The molecule has 0 fully saturated rings. The maximum atomic E-state index is 11.4. The first-order valence-corrected chi connectivity index (χ1v) is 6.36. The number of rotatable bonds is 6. The smallest absolute Gasteiger partial charge is 0.221 e. The second-order valence-corrected chi connectivity index (χ2v) is 3.97. The van der Waals surface area contributed by atoms with E-state index in [-0.39, 0.29) is 5.91 Å². The Balaban J connectivity index is 2.38. The summed E-state index contributed by atoms with van der Waals surface area (Å²) in [7, 11) is 0. The fraction of sp³-hybridized carbons (Fsp3) is 0.385. The molecule has 0 aromatic heterocycles. The van der Waals surface area contributed by atoms with Gasteiger partial charge in [-0.25, -0.2) is 5.84 Å². The number of carbonyl (C=O) groups is 1. The average molecular weight is 263 g/mol. The van der Waals surface area contributed by atoms with E-state index in [1.807, 2.05) is 37.3 Å². The second-order valence-electron chi connectivity index (χ2n) is 3.97. The molecule has 6 heteroatoms. The van der Waals surface area contributed by atoms with Gasteiger partial charge < -0.3 is 10.6 Å². The van der Waals surface area contributed by atoms with Crippen molar-refractivity contribution in [1.82, 2.24) is 10.7 Å². The van der Waals surface area contributed by atoms with E-state index in [0.717, 1.165) is 12.1 Å². The van der Waals surface area contributed by atoms with Crippen molar-refractivity contribution in [2.75, 3.05) is 18.4 Å². The van der Waals surface area contributed by atoms with Crippen LogP contribution in [0.5, 0.6) is 0 Å². The number of hydrazine groups is 1. The van der Waals surface area contributed by atoms with Gasteiger partial charge in [-0.15, -0.1) is 0 Å². The minimum Gasteiger partial charge on any atom is -0.356 e. The maximum Gasteiger partial charge on any atom is 0.221 e. The third kappa shape index (κ3) is 6.42. The first-order chi connectivity index (χ1) is 9.26. The molecule has 0 bridgehead atoms. The third-order valence-corrected chi connectivity index (χ3v) is 2.35. The highest BCUT2D eigenvalue weighted by Gasteiger charge is 2.00. The Morgan fingerprint density at radius 3 is 2.68 bits per heavy atom. The van der Waals surface area contributed by atoms with Gasteiger partial charge in [0.15, 0.2) is 0 Å². The molecule has 104 valence electrons. The lowest BCUT2D eigenvalue weighted by Crippen LogP contribution is -2.36. The van der Waals surface area contributed by atoms with Crippen LogP contribution in [0, 0.1) is 0 Å². The molecule has 0 spiro atoms. The Bertz CT molecular complexity index is 405. The highest BCUT2D eigenvalue weighted by molar-refractivity contribution is 5.93. The molecule has 0 heterocycles. The molecule has 0 aliphatic heterocycles. The third-order valence-electron chi connectivity index (χ3n) is 2.35. The predicted octanol–water partition coefficient (Wildman–Crippen LogP) is 0.834. The van der Waals surface area contributed by atoms with Crippen molar-refractivity contribution in [3.8, 4) is 0 Å². The first-order valence-electron chi connectivity index (χ1n) is 6.36. The van der Waals surface area contributed by atoms with E-state index in [1.54, 1.807) is 0 Å². The number of benzene rings is 1. The molecule has 0 saturated heterocycles. The number of nitrogens with one attached hydrogen (secondary N) is 3. The molecule has 1 amide bonds. The van der Waals surface area contributed by atoms with Crippen LogP contribution in [0.2, 0.25) is 0 Å². The zero-order valence-corrected chi connectivity index (χ0v) is 11.1. The number of nitrogens with two attached hydrogens (primary N) is 1. The lowest BCUT2D eigenvalue weighted by Gasteiger charge is -2.08. The molecule has 0 radical (unpaired) electrons. The van der Waals surface area contributed by atoms with E-state index in [4.69, 9.17) is 5.84 Å². The standard InChI is InChI=1S/C13H21N5O/c1-2-9-15-12(19)8-10-16-13(18-14)17-11-6-4-3-5-7-11/h3-7H,2,8-10,14H2,1H3,(H,15,19)(H2,16,17,18). The Morgan fingerprint density at radius 1 is 1.32 bits per heavy atom. The zero-order chi connectivity index (χ0) is 13.9. The number of amides is 1. The summed E-state index contributed by atoms with van der Waals surface area (Å²) in [6.07, 6.45) is 1.28. The molecule has 0 atom stereocenters.